The van der Waals surface area contributed by atoms with Crippen LogP contribution in [0.2, 0.25) is 0 Å². The van der Waals surface area contributed by atoms with E-state index in [0.717, 1.165) is 43.6 Å². The number of fused-ring (bicyclic) bond motifs is 3. The molecule has 168 valence electrons. The minimum atomic E-state index is -3.26. The molecule has 1 aliphatic carbocycles. The Hall–Kier alpha value is -2.94. The molecule has 2 aromatic heterocycles. The quantitative estimate of drug-likeness (QED) is 0.653. The van der Waals surface area contributed by atoms with Crippen molar-refractivity contribution in [2.24, 2.45) is 5.92 Å². The number of nitrogens with one attached hydrogen (secondary N) is 1. The average molecular weight is 454 g/mol. The number of sulfone groups is 1. The summed E-state index contributed by atoms with van der Waals surface area (Å²) in [6.07, 6.45) is 11.0. The first-order valence-electron chi connectivity index (χ1n) is 11.1. The maximum absolute atomic E-state index is 13.0. The molecule has 0 saturated carbocycles. The minimum absolute atomic E-state index is 0.0516. The molecule has 0 radical (unpaired) electrons. The van der Waals surface area contributed by atoms with Crippen molar-refractivity contribution in [3.8, 4) is 0 Å². The molecule has 9 heteroatoms. The number of hydrogen-bond acceptors (Lipinski definition) is 6. The summed E-state index contributed by atoms with van der Waals surface area (Å²) in [5, 5.41) is 7.72. The van der Waals surface area contributed by atoms with E-state index in [0.29, 0.717) is 12.2 Å². The van der Waals surface area contributed by atoms with Crippen molar-refractivity contribution in [3.05, 3.63) is 47.9 Å². The van der Waals surface area contributed by atoms with E-state index in [2.05, 4.69) is 10.2 Å². The SMILES string of the molecule is CS(=O)(=O)c1ccc(NC(=O)[C@H]2CCCN(c3nccn4nc5c(c34)CCCC5)C2)cc1. The van der Waals surface area contributed by atoms with Gasteiger partial charge in [-0.2, -0.15) is 5.10 Å². The Morgan fingerprint density at radius 3 is 2.69 bits per heavy atom. The van der Waals surface area contributed by atoms with Gasteiger partial charge in [0.15, 0.2) is 15.7 Å². The molecule has 5 rings (SSSR count). The highest BCUT2D eigenvalue weighted by atomic mass is 32.2. The molecule has 1 aliphatic heterocycles. The van der Waals surface area contributed by atoms with Crippen molar-refractivity contribution in [2.45, 2.75) is 43.4 Å². The summed E-state index contributed by atoms with van der Waals surface area (Å²) in [4.78, 5) is 20.1. The van der Waals surface area contributed by atoms with Crippen LogP contribution in [0.3, 0.4) is 0 Å². The predicted molar refractivity (Wildman–Crippen MR) is 123 cm³/mol. The van der Waals surface area contributed by atoms with Crippen molar-refractivity contribution in [2.75, 3.05) is 29.6 Å². The van der Waals surface area contributed by atoms with E-state index in [9.17, 15) is 13.2 Å². The van der Waals surface area contributed by atoms with Gasteiger partial charge in [0, 0.05) is 43.0 Å². The topological polar surface area (TPSA) is 96.7 Å². The summed E-state index contributed by atoms with van der Waals surface area (Å²) in [5.41, 5.74) is 4.16. The molecular weight excluding hydrogens is 426 g/mol. The monoisotopic (exact) mass is 453 g/mol. The molecule has 1 fully saturated rings. The van der Waals surface area contributed by atoms with Crippen LogP contribution in [0.4, 0.5) is 11.5 Å². The molecule has 0 spiro atoms. The number of aromatic nitrogens is 3. The van der Waals surface area contributed by atoms with Crippen molar-refractivity contribution in [1.29, 1.82) is 0 Å². The second-order valence-corrected chi connectivity index (χ2v) is 10.8. The van der Waals surface area contributed by atoms with Crippen LogP contribution in [0.15, 0.2) is 41.6 Å². The molecule has 2 aliphatic rings. The summed E-state index contributed by atoms with van der Waals surface area (Å²) in [7, 11) is -3.26. The molecule has 1 N–H and O–H groups in total. The number of hydrogen-bond donors (Lipinski definition) is 1. The van der Waals surface area contributed by atoms with Gasteiger partial charge in [0.25, 0.3) is 0 Å². The molecule has 0 unspecified atom stereocenters. The summed E-state index contributed by atoms with van der Waals surface area (Å²) in [6.45, 7) is 1.46. The molecule has 3 aromatic rings. The average Bonchev–Trinajstić information content (AvgIpc) is 3.18. The van der Waals surface area contributed by atoms with Crippen LogP contribution in [-0.4, -0.2) is 48.3 Å². The van der Waals surface area contributed by atoms with Crippen LogP contribution in [0.1, 0.15) is 36.9 Å². The van der Waals surface area contributed by atoms with E-state index < -0.39 is 9.84 Å². The van der Waals surface area contributed by atoms with E-state index in [1.54, 1.807) is 18.3 Å². The van der Waals surface area contributed by atoms with E-state index in [1.807, 2.05) is 10.7 Å². The van der Waals surface area contributed by atoms with E-state index in [4.69, 9.17) is 10.1 Å². The lowest BCUT2D eigenvalue weighted by atomic mass is 9.95. The number of carbonyl (C=O) groups is 1. The van der Waals surface area contributed by atoms with E-state index >= 15 is 0 Å². The maximum atomic E-state index is 13.0. The first-order chi connectivity index (χ1) is 15.4. The number of benzene rings is 1. The summed E-state index contributed by atoms with van der Waals surface area (Å²) < 4.78 is 25.2. The first kappa shape index (κ1) is 20.9. The van der Waals surface area contributed by atoms with E-state index in [-0.39, 0.29) is 16.7 Å². The second-order valence-electron chi connectivity index (χ2n) is 8.75. The van der Waals surface area contributed by atoms with Gasteiger partial charge in [-0.05, 0) is 62.8 Å². The van der Waals surface area contributed by atoms with Gasteiger partial charge in [0.2, 0.25) is 5.91 Å². The van der Waals surface area contributed by atoms with Crippen LogP contribution in [0.25, 0.3) is 5.52 Å². The molecule has 1 aromatic carbocycles. The number of nitrogens with zero attached hydrogens (tertiary/aromatic N) is 4. The molecular formula is C23H27N5O3S. The fourth-order valence-corrected chi connectivity index (χ4v) is 5.42. The fraction of sp³-hybridized carbons (Fsp3) is 0.435. The lowest BCUT2D eigenvalue weighted by molar-refractivity contribution is -0.120. The zero-order chi connectivity index (χ0) is 22.3. The maximum Gasteiger partial charge on any atom is 0.229 e. The van der Waals surface area contributed by atoms with Gasteiger partial charge >= 0.3 is 0 Å². The Bertz CT molecular complexity index is 1270. The Morgan fingerprint density at radius 2 is 1.91 bits per heavy atom. The Balaban J connectivity index is 1.35. The third-order valence-corrected chi connectivity index (χ3v) is 7.57. The van der Waals surface area contributed by atoms with Gasteiger partial charge in [-0.15, -0.1) is 0 Å². The smallest absolute Gasteiger partial charge is 0.229 e. The standard InChI is InChI=1S/C23H27N5O3S/c1-32(30,31)18-10-8-17(9-11-18)25-23(29)16-5-4-13-27(15-16)22-21-19-6-2-3-7-20(19)26-28(21)14-12-24-22/h8-12,14,16H,2-7,13,15H2,1H3,(H,25,29)/t16-/m0/s1. The van der Waals surface area contributed by atoms with Crippen LogP contribution >= 0.6 is 0 Å². The van der Waals surface area contributed by atoms with Crippen molar-refractivity contribution in [3.63, 3.8) is 0 Å². The number of piperidine rings is 1. The van der Waals surface area contributed by atoms with Gasteiger partial charge < -0.3 is 10.2 Å². The van der Waals surface area contributed by atoms with Gasteiger partial charge in [0.1, 0.15) is 5.52 Å². The molecule has 0 bridgehead atoms. The summed E-state index contributed by atoms with van der Waals surface area (Å²) in [6, 6.07) is 6.31. The largest absolute Gasteiger partial charge is 0.354 e. The van der Waals surface area contributed by atoms with Gasteiger partial charge in [-0.1, -0.05) is 0 Å². The number of anilines is 2. The highest BCUT2D eigenvalue weighted by molar-refractivity contribution is 7.90. The van der Waals surface area contributed by atoms with Gasteiger partial charge in [0.05, 0.1) is 16.5 Å². The highest BCUT2D eigenvalue weighted by Gasteiger charge is 2.29. The number of carbonyl (C=O) groups excluding carboxylic acids is 1. The van der Waals surface area contributed by atoms with Crippen LogP contribution in [0, 0.1) is 5.92 Å². The lowest BCUT2D eigenvalue weighted by Gasteiger charge is -2.33. The predicted octanol–water partition coefficient (Wildman–Crippen LogP) is 2.87. The summed E-state index contributed by atoms with van der Waals surface area (Å²) in [5.74, 6) is 0.696. The number of amides is 1. The highest BCUT2D eigenvalue weighted by Crippen LogP contribution is 2.32. The molecule has 3 heterocycles. The van der Waals surface area contributed by atoms with E-state index in [1.165, 1.54) is 42.5 Å². The molecule has 1 atom stereocenters. The molecule has 32 heavy (non-hydrogen) atoms. The second kappa shape index (κ2) is 8.20. The Morgan fingerprint density at radius 1 is 1.12 bits per heavy atom. The van der Waals surface area contributed by atoms with Gasteiger partial charge in [-0.3, -0.25) is 4.79 Å². The third-order valence-electron chi connectivity index (χ3n) is 6.44. The third kappa shape index (κ3) is 3.97. The lowest BCUT2D eigenvalue weighted by Crippen LogP contribution is -2.41. The van der Waals surface area contributed by atoms with Crippen LogP contribution in [0.5, 0.6) is 0 Å². The van der Waals surface area contributed by atoms with Gasteiger partial charge in [-0.25, -0.2) is 17.9 Å². The molecule has 8 nitrogen and oxygen atoms in total. The zero-order valence-corrected chi connectivity index (χ0v) is 18.9. The number of aryl methyl sites for hydroxylation is 2. The normalized spacial score (nSPS) is 19.0. The summed E-state index contributed by atoms with van der Waals surface area (Å²) >= 11 is 0. The van der Waals surface area contributed by atoms with Crippen molar-refractivity contribution < 1.29 is 13.2 Å². The Labute approximate surface area is 187 Å². The zero-order valence-electron chi connectivity index (χ0n) is 18.1. The number of rotatable bonds is 4. The van der Waals surface area contributed by atoms with Crippen LogP contribution in [-0.2, 0) is 27.5 Å². The van der Waals surface area contributed by atoms with Crippen molar-refractivity contribution in [1.82, 2.24) is 14.6 Å². The van der Waals surface area contributed by atoms with Crippen molar-refractivity contribution >= 4 is 32.8 Å². The van der Waals surface area contributed by atoms with Crippen LogP contribution < -0.4 is 10.2 Å². The Kier molecular flexibility index (Phi) is 5.36. The molecule has 1 saturated heterocycles. The first-order valence-corrected chi connectivity index (χ1v) is 13.0. The minimum Gasteiger partial charge on any atom is -0.354 e. The fourth-order valence-electron chi connectivity index (χ4n) is 4.79. The molecule has 1 amide bonds.